The van der Waals surface area contributed by atoms with E-state index in [-0.39, 0.29) is 11.2 Å². The van der Waals surface area contributed by atoms with Crippen LogP contribution in [0.5, 0.6) is 0 Å². The normalized spacial score (nSPS) is 19.0. The smallest absolute Gasteiger partial charge is 0.236 e. The molecule has 7 heteroatoms. The minimum absolute atomic E-state index is 0.123. The van der Waals surface area contributed by atoms with Gasteiger partial charge in [0.1, 0.15) is 6.33 Å². The molecule has 22 heavy (non-hydrogen) atoms. The first kappa shape index (κ1) is 14.3. The average molecular weight is 334 g/mol. The molecule has 0 spiro atoms. The molecule has 1 amide bonds. The van der Waals surface area contributed by atoms with E-state index in [1.165, 1.54) is 35.0 Å². The third-order valence-electron chi connectivity index (χ3n) is 4.23. The van der Waals surface area contributed by atoms with E-state index in [2.05, 4.69) is 26.2 Å². The predicted octanol–water partition coefficient (Wildman–Crippen LogP) is 2.74. The highest BCUT2D eigenvalue weighted by atomic mass is 32.2. The van der Waals surface area contributed by atoms with E-state index >= 15 is 0 Å². The maximum Gasteiger partial charge on any atom is 0.236 e. The fraction of sp³-hybridized carbons (Fsp3) is 0.533. The van der Waals surface area contributed by atoms with Gasteiger partial charge in [0.05, 0.1) is 5.25 Å². The second-order valence-electron chi connectivity index (χ2n) is 5.89. The lowest BCUT2D eigenvalue weighted by atomic mass is 10.1. The van der Waals surface area contributed by atoms with Gasteiger partial charge in [-0.2, -0.15) is 0 Å². The summed E-state index contributed by atoms with van der Waals surface area (Å²) in [4.78, 5) is 16.1. The number of carbonyl (C=O) groups excluding carboxylic acids is 1. The number of aromatic nitrogens is 3. The SMILES string of the molecule is CC(Sc1nncn1C1CC1)C(=O)N1CCc2sccc2C1. The zero-order valence-electron chi connectivity index (χ0n) is 12.4. The van der Waals surface area contributed by atoms with Crippen molar-refractivity contribution >= 4 is 29.0 Å². The van der Waals surface area contributed by atoms with Crippen LogP contribution >= 0.6 is 23.1 Å². The Balaban J connectivity index is 1.43. The van der Waals surface area contributed by atoms with E-state index in [0.717, 1.165) is 24.7 Å². The number of carbonyl (C=O) groups is 1. The zero-order chi connectivity index (χ0) is 15.1. The van der Waals surface area contributed by atoms with E-state index in [1.807, 2.05) is 11.8 Å². The number of nitrogens with zero attached hydrogens (tertiary/aromatic N) is 4. The molecule has 5 nitrogen and oxygen atoms in total. The maximum absolute atomic E-state index is 12.7. The van der Waals surface area contributed by atoms with Crippen molar-refractivity contribution in [2.75, 3.05) is 6.54 Å². The second kappa shape index (κ2) is 5.70. The Hall–Kier alpha value is -1.34. The second-order valence-corrected chi connectivity index (χ2v) is 8.20. The van der Waals surface area contributed by atoms with Gasteiger partial charge in [0.15, 0.2) is 5.16 Å². The van der Waals surface area contributed by atoms with Gasteiger partial charge in [0.2, 0.25) is 5.91 Å². The largest absolute Gasteiger partial charge is 0.337 e. The lowest BCUT2D eigenvalue weighted by Crippen LogP contribution is -2.39. The van der Waals surface area contributed by atoms with Gasteiger partial charge in [-0.1, -0.05) is 11.8 Å². The highest BCUT2D eigenvalue weighted by Gasteiger charge is 2.30. The van der Waals surface area contributed by atoms with Crippen molar-refractivity contribution in [1.82, 2.24) is 19.7 Å². The molecule has 0 saturated heterocycles. The highest BCUT2D eigenvalue weighted by molar-refractivity contribution is 8.00. The van der Waals surface area contributed by atoms with Crippen molar-refractivity contribution in [3.8, 4) is 0 Å². The number of amides is 1. The number of thioether (sulfide) groups is 1. The summed E-state index contributed by atoms with van der Waals surface area (Å²) in [6, 6.07) is 2.68. The number of thiophene rings is 1. The van der Waals surface area contributed by atoms with E-state index in [0.29, 0.717) is 6.04 Å². The molecule has 4 rings (SSSR count). The standard InChI is InChI=1S/C15H18N4OS2/c1-10(22-15-17-16-9-19(15)12-2-3-12)14(20)18-6-4-13-11(8-18)5-7-21-13/h5,7,9-10,12H,2-4,6,8H2,1H3. The van der Waals surface area contributed by atoms with Crippen molar-refractivity contribution in [3.05, 3.63) is 28.2 Å². The highest BCUT2D eigenvalue weighted by Crippen LogP contribution is 2.38. The van der Waals surface area contributed by atoms with Crippen LogP contribution in [0.4, 0.5) is 0 Å². The van der Waals surface area contributed by atoms with E-state index < -0.39 is 0 Å². The van der Waals surface area contributed by atoms with Crippen LogP contribution in [0.1, 0.15) is 36.2 Å². The zero-order valence-corrected chi connectivity index (χ0v) is 14.1. The Bertz CT molecular complexity index is 691. The molecule has 1 saturated carbocycles. The van der Waals surface area contributed by atoms with Crippen LogP contribution in [0.15, 0.2) is 22.9 Å². The van der Waals surface area contributed by atoms with Crippen LogP contribution in [0.25, 0.3) is 0 Å². The molecule has 1 atom stereocenters. The summed E-state index contributed by atoms with van der Waals surface area (Å²) in [6.45, 7) is 3.55. The van der Waals surface area contributed by atoms with Crippen molar-refractivity contribution in [2.24, 2.45) is 0 Å². The first-order chi connectivity index (χ1) is 10.7. The molecule has 1 aliphatic heterocycles. The topological polar surface area (TPSA) is 51.0 Å². The van der Waals surface area contributed by atoms with Gasteiger partial charge in [-0.05, 0) is 43.2 Å². The Labute approximate surface area is 137 Å². The quantitative estimate of drug-likeness (QED) is 0.807. The third kappa shape index (κ3) is 2.67. The molecule has 116 valence electrons. The van der Waals surface area contributed by atoms with E-state index in [4.69, 9.17) is 0 Å². The molecule has 0 N–H and O–H groups in total. The fourth-order valence-corrected chi connectivity index (χ4v) is 4.69. The molecule has 1 aliphatic carbocycles. The molecule has 3 heterocycles. The minimum Gasteiger partial charge on any atom is -0.337 e. The first-order valence-corrected chi connectivity index (χ1v) is 9.38. The molecular weight excluding hydrogens is 316 g/mol. The molecule has 0 bridgehead atoms. The summed E-state index contributed by atoms with van der Waals surface area (Å²) in [5.41, 5.74) is 1.31. The van der Waals surface area contributed by atoms with Crippen molar-refractivity contribution in [2.45, 2.75) is 49.2 Å². The molecule has 2 aromatic rings. The summed E-state index contributed by atoms with van der Waals surface area (Å²) >= 11 is 3.33. The molecule has 2 aliphatic rings. The van der Waals surface area contributed by atoms with Crippen LogP contribution in [0.3, 0.4) is 0 Å². The molecule has 0 radical (unpaired) electrons. The van der Waals surface area contributed by atoms with Crippen molar-refractivity contribution in [3.63, 3.8) is 0 Å². The maximum atomic E-state index is 12.7. The Morgan fingerprint density at radius 2 is 2.36 bits per heavy atom. The molecule has 1 unspecified atom stereocenters. The summed E-state index contributed by atoms with van der Waals surface area (Å²) in [5.74, 6) is 0.201. The summed E-state index contributed by atoms with van der Waals surface area (Å²) in [7, 11) is 0. The van der Waals surface area contributed by atoms with Gasteiger partial charge in [-0.25, -0.2) is 0 Å². The third-order valence-corrected chi connectivity index (χ3v) is 6.31. The van der Waals surface area contributed by atoms with Crippen LogP contribution < -0.4 is 0 Å². The average Bonchev–Trinajstić information content (AvgIpc) is 3.09. The lowest BCUT2D eigenvalue weighted by molar-refractivity contribution is -0.131. The monoisotopic (exact) mass is 334 g/mol. The van der Waals surface area contributed by atoms with Gasteiger partial charge >= 0.3 is 0 Å². The summed E-state index contributed by atoms with van der Waals surface area (Å²) < 4.78 is 2.11. The summed E-state index contributed by atoms with van der Waals surface area (Å²) in [6.07, 6.45) is 5.16. The van der Waals surface area contributed by atoms with Crippen LogP contribution in [-0.4, -0.2) is 37.4 Å². The lowest BCUT2D eigenvalue weighted by Gasteiger charge is -2.29. The molecule has 2 aromatic heterocycles. The van der Waals surface area contributed by atoms with Gasteiger partial charge < -0.3 is 9.47 Å². The Morgan fingerprint density at radius 3 is 3.18 bits per heavy atom. The molecule has 0 aromatic carbocycles. The van der Waals surface area contributed by atoms with Gasteiger partial charge in [-0.3, -0.25) is 4.79 Å². The minimum atomic E-state index is -0.123. The van der Waals surface area contributed by atoms with Crippen molar-refractivity contribution in [1.29, 1.82) is 0 Å². The van der Waals surface area contributed by atoms with Gasteiger partial charge in [-0.15, -0.1) is 21.5 Å². The number of rotatable bonds is 4. The first-order valence-electron chi connectivity index (χ1n) is 7.62. The predicted molar refractivity (Wildman–Crippen MR) is 87.1 cm³/mol. The van der Waals surface area contributed by atoms with E-state index in [1.54, 1.807) is 17.7 Å². The van der Waals surface area contributed by atoms with Crippen LogP contribution in [0.2, 0.25) is 0 Å². The molecular formula is C15H18N4OS2. The number of hydrogen-bond acceptors (Lipinski definition) is 5. The van der Waals surface area contributed by atoms with Crippen molar-refractivity contribution < 1.29 is 4.79 Å². The molecule has 1 fully saturated rings. The Morgan fingerprint density at radius 1 is 1.50 bits per heavy atom. The van der Waals surface area contributed by atoms with Gasteiger partial charge in [0, 0.05) is 24.0 Å². The number of hydrogen-bond donors (Lipinski definition) is 0. The number of fused-ring (bicyclic) bond motifs is 1. The fourth-order valence-electron chi connectivity index (χ4n) is 2.82. The van der Waals surface area contributed by atoms with E-state index in [9.17, 15) is 4.79 Å². The van der Waals surface area contributed by atoms with Crippen LogP contribution in [-0.2, 0) is 17.8 Å². The summed E-state index contributed by atoms with van der Waals surface area (Å²) in [5, 5.41) is 11.0. The van der Waals surface area contributed by atoms with Gasteiger partial charge in [0.25, 0.3) is 0 Å². The van der Waals surface area contributed by atoms with Crippen LogP contribution in [0, 0.1) is 0 Å². The Kier molecular flexibility index (Phi) is 3.69.